The van der Waals surface area contributed by atoms with Crippen LogP contribution in [0.4, 0.5) is 0 Å². The summed E-state index contributed by atoms with van der Waals surface area (Å²) in [6.45, 7) is 1.33. The summed E-state index contributed by atoms with van der Waals surface area (Å²) in [4.78, 5) is 25.9. The summed E-state index contributed by atoms with van der Waals surface area (Å²) in [5, 5.41) is 4.03. The van der Waals surface area contributed by atoms with Crippen LogP contribution in [0.5, 0.6) is 5.75 Å². The molecule has 3 aromatic rings. The molecule has 1 aliphatic heterocycles. The minimum Gasteiger partial charge on any atom is -0.496 e. The summed E-state index contributed by atoms with van der Waals surface area (Å²) in [6.07, 6.45) is 1.52. The Morgan fingerprint density at radius 3 is 2.70 bits per heavy atom. The summed E-state index contributed by atoms with van der Waals surface area (Å²) >= 11 is 0. The van der Waals surface area contributed by atoms with Crippen LogP contribution in [0.1, 0.15) is 34.5 Å². The zero-order valence-corrected chi connectivity index (χ0v) is 16.7. The quantitative estimate of drug-likeness (QED) is 0.555. The van der Waals surface area contributed by atoms with Crippen molar-refractivity contribution in [1.29, 1.82) is 0 Å². The van der Waals surface area contributed by atoms with Crippen LogP contribution in [0, 0.1) is 0 Å². The Hall–Kier alpha value is -3.61. The van der Waals surface area contributed by atoms with Gasteiger partial charge in [0.25, 0.3) is 0 Å². The normalized spacial score (nSPS) is 13.5. The second kappa shape index (κ2) is 8.82. The molecule has 0 radical (unpaired) electrons. The molecule has 7 nitrogen and oxygen atoms in total. The third kappa shape index (κ3) is 4.35. The summed E-state index contributed by atoms with van der Waals surface area (Å²) in [5.74, 6) is 0.852. The lowest BCUT2D eigenvalue weighted by Gasteiger charge is -2.15. The third-order valence-corrected chi connectivity index (χ3v) is 5.02. The van der Waals surface area contributed by atoms with E-state index in [1.807, 2.05) is 41.3 Å². The van der Waals surface area contributed by atoms with E-state index in [4.69, 9.17) is 14.0 Å². The molecule has 4 rings (SSSR count). The smallest absolute Gasteiger partial charge is 0.338 e. The summed E-state index contributed by atoms with van der Waals surface area (Å²) in [5.41, 5.74) is 2.84. The molecule has 0 N–H and O–H groups in total. The number of carbonyl (C=O) groups is 2. The predicted molar refractivity (Wildman–Crippen MR) is 109 cm³/mol. The van der Waals surface area contributed by atoms with E-state index in [9.17, 15) is 9.59 Å². The number of ether oxygens (including phenoxy) is 2. The molecule has 2 aromatic carbocycles. The van der Waals surface area contributed by atoms with Gasteiger partial charge in [-0.2, -0.15) is 0 Å². The Balaban J connectivity index is 1.35. The lowest BCUT2D eigenvalue weighted by molar-refractivity contribution is -0.128. The number of esters is 1. The van der Waals surface area contributed by atoms with Gasteiger partial charge in [-0.15, -0.1) is 0 Å². The maximum absolute atomic E-state index is 12.3. The van der Waals surface area contributed by atoms with Crippen LogP contribution in [-0.4, -0.2) is 35.6 Å². The molecule has 1 amide bonds. The molecule has 0 atom stereocenters. The van der Waals surface area contributed by atoms with Gasteiger partial charge in [0.1, 0.15) is 11.4 Å². The van der Waals surface area contributed by atoms with Crippen molar-refractivity contribution >= 4 is 11.9 Å². The van der Waals surface area contributed by atoms with Gasteiger partial charge in [-0.25, -0.2) is 4.79 Å². The zero-order valence-electron chi connectivity index (χ0n) is 16.7. The number of hydrogen-bond donors (Lipinski definition) is 0. The topological polar surface area (TPSA) is 81.9 Å². The average Bonchev–Trinajstić information content (AvgIpc) is 3.41. The van der Waals surface area contributed by atoms with Crippen LogP contribution in [-0.2, 0) is 22.7 Å². The number of rotatable bonds is 7. The average molecular weight is 406 g/mol. The van der Waals surface area contributed by atoms with E-state index in [1.54, 1.807) is 25.3 Å². The van der Waals surface area contributed by atoms with Crippen molar-refractivity contribution in [1.82, 2.24) is 10.1 Å². The van der Waals surface area contributed by atoms with Crippen LogP contribution in [0.15, 0.2) is 59.1 Å². The molecule has 1 aliphatic rings. The maximum Gasteiger partial charge on any atom is 0.338 e. The lowest BCUT2D eigenvalue weighted by Crippen LogP contribution is -2.23. The molecule has 0 spiro atoms. The van der Waals surface area contributed by atoms with Crippen molar-refractivity contribution in [3.63, 3.8) is 0 Å². The third-order valence-electron chi connectivity index (χ3n) is 5.02. The monoisotopic (exact) mass is 406 g/mol. The minimum absolute atomic E-state index is 0.0228. The lowest BCUT2D eigenvalue weighted by atomic mass is 10.1. The maximum atomic E-state index is 12.3. The van der Waals surface area contributed by atoms with E-state index in [0.717, 1.165) is 24.1 Å². The molecular weight excluding hydrogens is 384 g/mol. The Kier molecular flexibility index (Phi) is 5.79. The molecule has 1 saturated heterocycles. The molecule has 0 saturated carbocycles. The van der Waals surface area contributed by atoms with Crippen molar-refractivity contribution in [3.05, 3.63) is 71.5 Å². The fraction of sp³-hybridized carbons (Fsp3) is 0.261. The van der Waals surface area contributed by atoms with Gasteiger partial charge in [-0.1, -0.05) is 29.4 Å². The predicted octanol–water partition coefficient (Wildman–Crippen LogP) is 3.83. The van der Waals surface area contributed by atoms with Crippen molar-refractivity contribution < 1.29 is 23.6 Å². The van der Waals surface area contributed by atoms with Crippen LogP contribution in [0.25, 0.3) is 11.3 Å². The summed E-state index contributed by atoms with van der Waals surface area (Å²) < 4.78 is 16.0. The summed E-state index contributed by atoms with van der Waals surface area (Å²) in [6, 6.07) is 16.3. The number of methoxy groups -OCH3 is 1. The first-order chi connectivity index (χ1) is 14.6. The number of nitrogens with zero attached hydrogens (tertiary/aromatic N) is 2. The van der Waals surface area contributed by atoms with E-state index in [1.165, 1.54) is 0 Å². The van der Waals surface area contributed by atoms with Crippen molar-refractivity contribution in [2.75, 3.05) is 13.7 Å². The first-order valence-corrected chi connectivity index (χ1v) is 9.77. The molecule has 1 aromatic heterocycles. The van der Waals surface area contributed by atoms with Gasteiger partial charge in [-0.05, 0) is 36.2 Å². The first-order valence-electron chi connectivity index (χ1n) is 9.77. The van der Waals surface area contributed by atoms with Gasteiger partial charge in [-0.3, -0.25) is 4.79 Å². The molecular formula is C23H22N2O5. The molecule has 30 heavy (non-hydrogen) atoms. The number of carbonyl (C=O) groups excluding carboxylic acids is 2. The standard InChI is InChI=1S/C23H22N2O5/c1-28-21-6-3-2-5-19(21)20-13-18(30-24-20)15-29-23(27)17-10-8-16(9-11-17)14-25-12-4-7-22(25)26/h2-3,5-6,8-11,13H,4,7,12,14-15H2,1H3. The molecule has 1 fully saturated rings. The van der Waals surface area contributed by atoms with Gasteiger partial charge in [0.15, 0.2) is 12.4 Å². The van der Waals surface area contributed by atoms with Crippen LogP contribution in [0.3, 0.4) is 0 Å². The molecule has 0 bridgehead atoms. The van der Waals surface area contributed by atoms with Gasteiger partial charge in [0, 0.05) is 31.1 Å². The van der Waals surface area contributed by atoms with Crippen molar-refractivity contribution in [2.45, 2.75) is 26.0 Å². The van der Waals surface area contributed by atoms with Crippen molar-refractivity contribution in [3.8, 4) is 17.0 Å². The van der Waals surface area contributed by atoms with Crippen LogP contribution >= 0.6 is 0 Å². The molecule has 0 unspecified atom stereocenters. The van der Waals surface area contributed by atoms with Gasteiger partial charge in [0.2, 0.25) is 5.91 Å². The first kappa shape index (κ1) is 19.7. The molecule has 7 heteroatoms. The number of amides is 1. The zero-order chi connectivity index (χ0) is 20.9. The number of hydrogen-bond acceptors (Lipinski definition) is 6. The Bertz CT molecular complexity index is 1040. The van der Waals surface area contributed by atoms with E-state index < -0.39 is 5.97 Å². The van der Waals surface area contributed by atoms with Crippen molar-refractivity contribution in [2.24, 2.45) is 0 Å². The second-order valence-electron chi connectivity index (χ2n) is 7.07. The molecule has 2 heterocycles. The summed E-state index contributed by atoms with van der Waals surface area (Å²) in [7, 11) is 1.59. The molecule has 0 aliphatic carbocycles. The Morgan fingerprint density at radius 2 is 1.97 bits per heavy atom. The second-order valence-corrected chi connectivity index (χ2v) is 7.07. The Morgan fingerprint density at radius 1 is 1.17 bits per heavy atom. The highest BCUT2D eigenvalue weighted by atomic mass is 16.5. The Labute approximate surface area is 174 Å². The molecule has 154 valence electrons. The number of likely N-dealkylation sites (tertiary alicyclic amines) is 1. The highest BCUT2D eigenvalue weighted by molar-refractivity contribution is 5.89. The van der Waals surface area contributed by atoms with E-state index in [0.29, 0.717) is 35.7 Å². The fourth-order valence-corrected chi connectivity index (χ4v) is 3.42. The fourth-order valence-electron chi connectivity index (χ4n) is 3.42. The largest absolute Gasteiger partial charge is 0.496 e. The number of benzene rings is 2. The van der Waals surface area contributed by atoms with E-state index >= 15 is 0 Å². The van der Waals surface area contributed by atoms with Crippen LogP contribution in [0.2, 0.25) is 0 Å². The van der Waals surface area contributed by atoms with E-state index in [-0.39, 0.29) is 12.5 Å². The number of para-hydroxylation sites is 1. The SMILES string of the molecule is COc1ccccc1-c1cc(COC(=O)c2ccc(CN3CCCC3=O)cc2)on1. The minimum atomic E-state index is -0.450. The number of aromatic nitrogens is 1. The van der Waals surface area contributed by atoms with Gasteiger partial charge in [0.05, 0.1) is 12.7 Å². The van der Waals surface area contributed by atoms with Gasteiger partial charge < -0.3 is 18.9 Å². The highest BCUT2D eigenvalue weighted by Crippen LogP contribution is 2.29. The van der Waals surface area contributed by atoms with Crippen LogP contribution < -0.4 is 4.74 Å². The van der Waals surface area contributed by atoms with Gasteiger partial charge >= 0.3 is 5.97 Å². The van der Waals surface area contributed by atoms with E-state index in [2.05, 4.69) is 5.16 Å². The highest BCUT2D eigenvalue weighted by Gasteiger charge is 2.20.